The maximum Gasteiger partial charge on any atom is 0.423 e. The van der Waals surface area contributed by atoms with Gasteiger partial charge in [0.25, 0.3) is 5.91 Å². The molecule has 1 amide bonds. The van der Waals surface area contributed by atoms with E-state index in [1.54, 1.807) is 6.92 Å². The Kier molecular flexibility index (Phi) is 4.27. The highest BCUT2D eigenvalue weighted by Crippen LogP contribution is 2.38. The summed E-state index contributed by atoms with van der Waals surface area (Å²) in [5, 5.41) is 12.1. The van der Waals surface area contributed by atoms with Crippen LogP contribution in [0.5, 0.6) is 0 Å². The number of furan rings is 1. The van der Waals surface area contributed by atoms with Crippen LogP contribution in [0.25, 0.3) is 0 Å². The van der Waals surface area contributed by atoms with Crippen LogP contribution in [0.1, 0.15) is 21.9 Å². The minimum Gasteiger partial charge on any atom is -0.456 e. The van der Waals surface area contributed by atoms with E-state index in [0.717, 1.165) is 12.1 Å². The molecule has 0 saturated carbocycles. The van der Waals surface area contributed by atoms with Crippen molar-refractivity contribution in [1.82, 2.24) is 5.32 Å². The average Bonchev–Trinajstić information content (AvgIpc) is 2.91. The topological polar surface area (TPSA) is 62.5 Å². The highest BCUT2D eigenvalue weighted by atomic mass is 19.4. The molecule has 1 atom stereocenters. The van der Waals surface area contributed by atoms with Gasteiger partial charge >= 0.3 is 6.18 Å². The minimum absolute atomic E-state index is 0.116. The Balaban J connectivity index is 2.20. The second-order valence-electron chi connectivity index (χ2n) is 4.82. The molecule has 0 aliphatic heterocycles. The van der Waals surface area contributed by atoms with Gasteiger partial charge in [0.15, 0.2) is 5.76 Å². The number of hydrogen-bond donors (Lipinski definition) is 2. The number of alkyl halides is 3. The van der Waals surface area contributed by atoms with Gasteiger partial charge in [0.2, 0.25) is 5.60 Å². The van der Waals surface area contributed by atoms with Crippen LogP contribution in [0.3, 0.4) is 0 Å². The van der Waals surface area contributed by atoms with Crippen LogP contribution >= 0.6 is 0 Å². The summed E-state index contributed by atoms with van der Waals surface area (Å²) in [5.41, 5.74) is -3.52. The predicted molar refractivity (Wildman–Crippen MR) is 72.2 cm³/mol. The Morgan fingerprint density at radius 1 is 1.18 bits per heavy atom. The van der Waals surface area contributed by atoms with Crippen molar-refractivity contribution in [3.05, 3.63) is 59.5 Å². The molecule has 22 heavy (non-hydrogen) atoms. The quantitative estimate of drug-likeness (QED) is 0.912. The van der Waals surface area contributed by atoms with Crippen molar-refractivity contribution in [3.8, 4) is 0 Å². The first kappa shape index (κ1) is 16.1. The number of hydrogen-bond acceptors (Lipinski definition) is 3. The highest BCUT2D eigenvalue weighted by Gasteiger charge is 2.55. The Morgan fingerprint density at radius 2 is 1.82 bits per heavy atom. The van der Waals surface area contributed by atoms with Crippen LogP contribution < -0.4 is 5.32 Å². The lowest BCUT2D eigenvalue weighted by Gasteiger charge is -2.31. The smallest absolute Gasteiger partial charge is 0.423 e. The van der Waals surface area contributed by atoms with E-state index in [1.807, 2.05) is 0 Å². The fourth-order valence-corrected chi connectivity index (χ4v) is 1.93. The molecule has 0 bridgehead atoms. The van der Waals surface area contributed by atoms with Gasteiger partial charge < -0.3 is 14.8 Å². The zero-order valence-corrected chi connectivity index (χ0v) is 11.6. The van der Waals surface area contributed by atoms with E-state index >= 15 is 0 Å². The zero-order chi connectivity index (χ0) is 16.4. The second kappa shape index (κ2) is 5.84. The first-order valence-corrected chi connectivity index (χ1v) is 6.43. The van der Waals surface area contributed by atoms with E-state index in [9.17, 15) is 23.1 Å². The Hall–Kier alpha value is -2.28. The normalized spacial score (nSPS) is 14.4. The standard InChI is InChI=1S/C15H14F3NO3/c1-10-7-8-12(22-10)13(20)19-9-14(21,15(16,17)18)11-5-3-2-4-6-11/h2-8,21H,9H2,1H3,(H,19,20)/t14-/m0/s1. The predicted octanol–water partition coefficient (Wildman–Crippen LogP) is 2.77. The van der Waals surface area contributed by atoms with Crippen molar-refractivity contribution in [3.63, 3.8) is 0 Å². The highest BCUT2D eigenvalue weighted by molar-refractivity contribution is 5.91. The van der Waals surface area contributed by atoms with Gasteiger partial charge in [0.05, 0.1) is 6.54 Å². The first-order chi connectivity index (χ1) is 10.2. The van der Waals surface area contributed by atoms with Crippen molar-refractivity contribution in [1.29, 1.82) is 0 Å². The molecule has 1 aromatic heterocycles. The number of amides is 1. The third kappa shape index (κ3) is 3.14. The lowest BCUT2D eigenvalue weighted by Crippen LogP contribution is -2.51. The van der Waals surface area contributed by atoms with E-state index < -0.39 is 24.2 Å². The number of halogens is 3. The van der Waals surface area contributed by atoms with Crippen LogP contribution in [0.15, 0.2) is 46.9 Å². The summed E-state index contributed by atoms with van der Waals surface area (Å²) in [6.45, 7) is 0.589. The molecular weight excluding hydrogens is 299 g/mol. The van der Waals surface area contributed by atoms with Crippen molar-refractivity contribution in [2.75, 3.05) is 6.54 Å². The van der Waals surface area contributed by atoms with E-state index in [-0.39, 0.29) is 11.3 Å². The molecule has 7 heteroatoms. The van der Waals surface area contributed by atoms with Gasteiger partial charge in [-0.1, -0.05) is 30.3 Å². The first-order valence-electron chi connectivity index (χ1n) is 6.43. The monoisotopic (exact) mass is 313 g/mol. The molecule has 2 N–H and O–H groups in total. The molecule has 2 rings (SSSR count). The summed E-state index contributed by atoms with van der Waals surface area (Å²) >= 11 is 0. The van der Waals surface area contributed by atoms with Gasteiger partial charge in [0.1, 0.15) is 5.76 Å². The summed E-state index contributed by atoms with van der Waals surface area (Å²) in [5.74, 6) is -0.485. The average molecular weight is 313 g/mol. The molecule has 1 heterocycles. The molecule has 0 spiro atoms. The van der Waals surface area contributed by atoms with E-state index in [4.69, 9.17) is 4.42 Å². The number of carbonyl (C=O) groups is 1. The van der Waals surface area contributed by atoms with Crippen LogP contribution in [-0.2, 0) is 5.60 Å². The number of nitrogens with one attached hydrogen (secondary N) is 1. The number of rotatable bonds is 4. The Labute approximate surface area is 124 Å². The molecule has 0 fully saturated rings. The van der Waals surface area contributed by atoms with Gasteiger partial charge in [-0.3, -0.25) is 4.79 Å². The van der Waals surface area contributed by atoms with Crippen molar-refractivity contribution >= 4 is 5.91 Å². The minimum atomic E-state index is -4.94. The molecule has 0 aliphatic rings. The second-order valence-corrected chi connectivity index (χ2v) is 4.82. The SMILES string of the molecule is Cc1ccc(C(=O)NC[C@](O)(c2ccccc2)C(F)(F)F)o1. The number of aliphatic hydroxyl groups is 1. The lowest BCUT2D eigenvalue weighted by molar-refractivity contribution is -0.263. The number of aryl methyl sites for hydroxylation is 1. The molecule has 0 aliphatic carbocycles. The van der Waals surface area contributed by atoms with Crippen LogP contribution in [0.2, 0.25) is 0 Å². The molecule has 1 aromatic carbocycles. The number of benzene rings is 1. The molecule has 118 valence electrons. The zero-order valence-electron chi connectivity index (χ0n) is 11.6. The maximum atomic E-state index is 13.2. The molecule has 2 aromatic rings. The number of carbonyl (C=O) groups excluding carboxylic acids is 1. The maximum absolute atomic E-state index is 13.2. The van der Waals surface area contributed by atoms with Crippen LogP contribution in [0, 0.1) is 6.92 Å². The third-order valence-corrected chi connectivity index (χ3v) is 3.19. The summed E-state index contributed by atoms with van der Waals surface area (Å²) in [7, 11) is 0. The molecule has 4 nitrogen and oxygen atoms in total. The van der Waals surface area contributed by atoms with E-state index in [0.29, 0.717) is 5.76 Å². The van der Waals surface area contributed by atoms with Crippen molar-refractivity contribution in [2.45, 2.75) is 18.7 Å². The van der Waals surface area contributed by atoms with Crippen molar-refractivity contribution < 1.29 is 27.5 Å². The third-order valence-electron chi connectivity index (χ3n) is 3.19. The largest absolute Gasteiger partial charge is 0.456 e. The van der Waals surface area contributed by atoms with Gasteiger partial charge in [-0.15, -0.1) is 0 Å². The fraction of sp³-hybridized carbons (Fsp3) is 0.267. The molecular formula is C15H14F3NO3. The van der Waals surface area contributed by atoms with Crippen LogP contribution in [-0.4, -0.2) is 23.7 Å². The van der Waals surface area contributed by atoms with Gasteiger partial charge in [-0.05, 0) is 24.6 Å². The summed E-state index contributed by atoms with van der Waals surface area (Å²) in [6, 6.07) is 9.45. The van der Waals surface area contributed by atoms with Gasteiger partial charge in [0, 0.05) is 0 Å². The van der Waals surface area contributed by atoms with Crippen molar-refractivity contribution in [2.24, 2.45) is 0 Å². The summed E-state index contributed by atoms with van der Waals surface area (Å²) in [4.78, 5) is 11.8. The van der Waals surface area contributed by atoms with Gasteiger partial charge in [-0.2, -0.15) is 13.2 Å². The van der Waals surface area contributed by atoms with Gasteiger partial charge in [-0.25, -0.2) is 0 Å². The van der Waals surface area contributed by atoms with E-state index in [2.05, 4.69) is 5.32 Å². The lowest BCUT2D eigenvalue weighted by atomic mass is 9.93. The molecule has 0 unspecified atom stereocenters. The van der Waals surface area contributed by atoms with Crippen LogP contribution in [0.4, 0.5) is 13.2 Å². The Bertz CT molecular complexity index is 652. The summed E-state index contributed by atoms with van der Waals surface area (Å²) < 4.78 is 44.7. The fourth-order valence-electron chi connectivity index (χ4n) is 1.93. The molecule has 0 saturated heterocycles. The Morgan fingerprint density at radius 3 is 2.32 bits per heavy atom. The van der Waals surface area contributed by atoms with E-state index in [1.165, 1.54) is 30.3 Å². The summed E-state index contributed by atoms with van der Waals surface area (Å²) in [6.07, 6.45) is -4.94. The molecule has 0 radical (unpaired) electrons.